The van der Waals surface area contributed by atoms with Crippen LogP contribution < -0.4 is 0 Å². The predicted molar refractivity (Wildman–Crippen MR) is 65.4 cm³/mol. The number of hydrogen-bond acceptors (Lipinski definition) is 3. The molecule has 1 unspecified atom stereocenters. The standard InChI is InChI=1S/C14H17NO2/c1-4-17-14(16)12(9-15)8-13-10(2)6-5-7-11(13)3/h5-7,12H,4,8H2,1-3H3. The zero-order valence-corrected chi connectivity index (χ0v) is 10.5. The number of carbonyl (C=O) groups excluding carboxylic acids is 1. The topological polar surface area (TPSA) is 50.1 Å². The molecule has 0 N–H and O–H groups in total. The van der Waals surface area contributed by atoms with Gasteiger partial charge in [0.1, 0.15) is 5.92 Å². The van der Waals surface area contributed by atoms with E-state index in [1.165, 1.54) is 0 Å². The molecule has 0 saturated carbocycles. The number of ether oxygens (including phenoxy) is 1. The Bertz CT molecular complexity index is 426. The van der Waals surface area contributed by atoms with Crippen LogP contribution in [0.15, 0.2) is 18.2 Å². The van der Waals surface area contributed by atoms with Crippen LogP contribution in [-0.2, 0) is 16.0 Å². The van der Waals surface area contributed by atoms with E-state index in [2.05, 4.69) is 0 Å². The molecule has 1 atom stereocenters. The Morgan fingerprint density at radius 1 is 1.41 bits per heavy atom. The normalized spacial score (nSPS) is 11.6. The van der Waals surface area contributed by atoms with Crippen molar-refractivity contribution in [3.8, 4) is 6.07 Å². The van der Waals surface area contributed by atoms with Crippen molar-refractivity contribution in [1.82, 2.24) is 0 Å². The number of esters is 1. The highest BCUT2D eigenvalue weighted by molar-refractivity contribution is 5.75. The first kappa shape index (κ1) is 13.2. The maximum atomic E-state index is 11.6. The Hall–Kier alpha value is -1.82. The van der Waals surface area contributed by atoms with Gasteiger partial charge >= 0.3 is 5.97 Å². The molecule has 0 amide bonds. The molecule has 90 valence electrons. The van der Waals surface area contributed by atoms with E-state index >= 15 is 0 Å². The highest BCUT2D eigenvalue weighted by atomic mass is 16.5. The SMILES string of the molecule is CCOC(=O)C(C#N)Cc1c(C)cccc1C. The van der Waals surface area contributed by atoms with E-state index in [1.807, 2.05) is 38.1 Å². The van der Waals surface area contributed by atoms with Crippen LogP contribution in [0, 0.1) is 31.1 Å². The van der Waals surface area contributed by atoms with Crippen LogP contribution in [-0.4, -0.2) is 12.6 Å². The molecule has 0 radical (unpaired) electrons. The second-order valence-corrected chi connectivity index (χ2v) is 4.01. The number of hydrogen-bond donors (Lipinski definition) is 0. The van der Waals surface area contributed by atoms with Gasteiger partial charge in [-0.15, -0.1) is 0 Å². The zero-order chi connectivity index (χ0) is 12.8. The Kier molecular flexibility index (Phi) is 4.71. The molecule has 1 aromatic rings. The molecule has 0 bridgehead atoms. The van der Waals surface area contributed by atoms with Gasteiger partial charge in [-0.25, -0.2) is 0 Å². The molecule has 0 aliphatic rings. The Balaban J connectivity index is 2.89. The fourth-order valence-corrected chi connectivity index (χ4v) is 1.80. The maximum absolute atomic E-state index is 11.6. The fraction of sp³-hybridized carbons (Fsp3) is 0.429. The third-order valence-electron chi connectivity index (χ3n) is 2.78. The van der Waals surface area contributed by atoms with Gasteiger partial charge in [-0.3, -0.25) is 4.79 Å². The van der Waals surface area contributed by atoms with Crippen molar-refractivity contribution < 1.29 is 9.53 Å². The van der Waals surface area contributed by atoms with Crippen LogP contribution in [0.3, 0.4) is 0 Å². The van der Waals surface area contributed by atoms with Crippen molar-refractivity contribution >= 4 is 5.97 Å². The second kappa shape index (κ2) is 6.05. The van der Waals surface area contributed by atoms with E-state index in [0.29, 0.717) is 13.0 Å². The Labute approximate surface area is 102 Å². The van der Waals surface area contributed by atoms with Gasteiger partial charge in [-0.1, -0.05) is 18.2 Å². The molecule has 0 aliphatic carbocycles. The first-order valence-electron chi connectivity index (χ1n) is 5.71. The van der Waals surface area contributed by atoms with Crippen LogP contribution in [0.4, 0.5) is 0 Å². The lowest BCUT2D eigenvalue weighted by molar-refractivity contribution is -0.145. The molecule has 0 aliphatic heterocycles. The summed E-state index contributed by atoms with van der Waals surface area (Å²) in [6.45, 7) is 6.03. The number of aryl methyl sites for hydroxylation is 2. The molecule has 3 heteroatoms. The van der Waals surface area contributed by atoms with Crippen molar-refractivity contribution in [3.63, 3.8) is 0 Å². The Morgan fingerprint density at radius 3 is 2.47 bits per heavy atom. The molecule has 0 saturated heterocycles. The molecule has 0 aromatic heterocycles. The second-order valence-electron chi connectivity index (χ2n) is 4.01. The van der Waals surface area contributed by atoms with E-state index in [-0.39, 0.29) is 0 Å². The van der Waals surface area contributed by atoms with Gasteiger partial charge in [0, 0.05) is 0 Å². The quantitative estimate of drug-likeness (QED) is 0.748. The monoisotopic (exact) mass is 231 g/mol. The first-order chi connectivity index (χ1) is 8.10. The van der Waals surface area contributed by atoms with Gasteiger partial charge in [0.15, 0.2) is 0 Å². The van der Waals surface area contributed by atoms with Crippen molar-refractivity contribution in [2.24, 2.45) is 5.92 Å². The lowest BCUT2D eigenvalue weighted by Gasteiger charge is -2.12. The van der Waals surface area contributed by atoms with Crippen molar-refractivity contribution in [2.75, 3.05) is 6.61 Å². The van der Waals surface area contributed by atoms with Gasteiger partial charge in [-0.05, 0) is 43.9 Å². The van der Waals surface area contributed by atoms with Gasteiger partial charge in [0.25, 0.3) is 0 Å². The average molecular weight is 231 g/mol. The number of nitrogens with zero attached hydrogens (tertiary/aromatic N) is 1. The minimum Gasteiger partial charge on any atom is -0.465 e. The summed E-state index contributed by atoms with van der Waals surface area (Å²) < 4.78 is 4.89. The summed E-state index contributed by atoms with van der Waals surface area (Å²) in [6.07, 6.45) is 0.424. The van der Waals surface area contributed by atoms with Gasteiger partial charge in [0.05, 0.1) is 12.7 Å². The molecular weight excluding hydrogens is 214 g/mol. The largest absolute Gasteiger partial charge is 0.465 e. The highest BCUT2D eigenvalue weighted by Crippen LogP contribution is 2.18. The van der Waals surface area contributed by atoms with E-state index < -0.39 is 11.9 Å². The lowest BCUT2D eigenvalue weighted by Crippen LogP contribution is -2.19. The van der Waals surface area contributed by atoms with E-state index in [0.717, 1.165) is 16.7 Å². The molecule has 1 rings (SSSR count). The van der Waals surface area contributed by atoms with Crippen LogP contribution in [0.1, 0.15) is 23.6 Å². The fourth-order valence-electron chi connectivity index (χ4n) is 1.80. The third kappa shape index (κ3) is 3.32. The minimum absolute atomic E-state index is 0.309. The van der Waals surface area contributed by atoms with Crippen molar-refractivity contribution in [2.45, 2.75) is 27.2 Å². The smallest absolute Gasteiger partial charge is 0.323 e. The Morgan fingerprint density at radius 2 is 2.00 bits per heavy atom. The summed E-state index contributed by atoms with van der Waals surface area (Å²) in [4.78, 5) is 11.6. The summed E-state index contributed by atoms with van der Waals surface area (Å²) in [5, 5.41) is 9.02. The maximum Gasteiger partial charge on any atom is 0.323 e. The van der Waals surface area contributed by atoms with Crippen LogP contribution in [0.2, 0.25) is 0 Å². The average Bonchev–Trinajstić information content (AvgIpc) is 2.29. The summed E-state index contributed by atoms with van der Waals surface area (Å²) in [5.74, 6) is -1.15. The summed E-state index contributed by atoms with van der Waals surface area (Å²) in [6, 6.07) is 7.96. The molecular formula is C14H17NO2. The minimum atomic E-state index is -0.713. The molecule has 3 nitrogen and oxygen atoms in total. The van der Waals surface area contributed by atoms with Gasteiger partial charge in [0.2, 0.25) is 0 Å². The number of rotatable bonds is 4. The summed E-state index contributed by atoms with van der Waals surface area (Å²) >= 11 is 0. The molecule has 0 spiro atoms. The van der Waals surface area contributed by atoms with Crippen LogP contribution >= 0.6 is 0 Å². The lowest BCUT2D eigenvalue weighted by atomic mass is 9.93. The number of nitriles is 1. The highest BCUT2D eigenvalue weighted by Gasteiger charge is 2.21. The number of benzene rings is 1. The first-order valence-corrected chi connectivity index (χ1v) is 5.71. The van der Waals surface area contributed by atoms with E-state index in [9.17, 15) is 4.79 Å². The van der Waals surface area contributed by atoms with Crippen LogP contribution in [0.25, 0.3) is 0 Å². The molecule has 0 fully saturated rings. The molecule has 0 heterocycles. The van der Waals surface area contributed by atoms with E-state index in [1.54, 1.807) is 6.92 Å². The van der Waals surface area contributed by atoms with Gasteiger partial charge < -0.3 is 4.74 Å². The third-order valence-corrected chi connectivity index (χ3v) is 2.78. The van der Waals surface area contributed by atoms with Gasteiger partial charge in [-0.2, -0.15) is 5.26 Å². The van der Waals surface area contributed by atoms with Crippen LogP contribution in [0.5, 0.6) is 0 Å². The number of carbonyl (C=O) groups is 1. The predicted octanol–water partition coefficient (Wildman–Crippen LogP) is 2.55. The van der Waals surface area contributed by atoms with Crippen molar-refractivity contribution in [3.05, 3.63) is 34.9 Å². The summed E-state index contributed by atoms with van der Waals surface area (Å²) in [5.41, 5.74) is 3.27. The zero-order valence-electron chi connectivity index (χ0n) is 10.5. The van der Waals surface area contributed by atoms with E-state index in [4.69, 9.17) is 10.00 Å². The molecule has 1 aromatic carbocycles. The molecule has 17 heavy (non-hydrogen) atoms. The van der Waals surface area contributed by atoms with Crippen molar-refractivity contribution in [1.29, 1.82) is 5.26 Å². The summed E-state index contributed by atoms with van der Waals surface area (Å²) in [7, 11) is 0.